The number of fused-ring (bicyclic) bond motifs is 1. The van der Waals surface area contributed by atoms with Crippen molar-refractivity contribution in [3.63, 3.8) is 0 Å². The molecule has 0 radical (unpaired) electrons. The first kappa shape index (κ1) is 16.6. The van der Waals surface area contributed by atoms with E-state index in [0.717, 1.165) is 4.90 Å². The van der Waals surface area contributed by atoms with E-state index in [1.165, 1.54) is 12.1 Å². The van der Waals surface area contributed by atoms with E-state index in [-0.39, 0.29) is 37.0 Å². The number of carbonyl (C=O) groups excluding carboxylic acids is 3. The third kappa shape index (κ3) is 3.47. The van der Waals surface area contributed by atoms with Gasteiger partial charge in [-0.05, 0) is 30.7 Å². The first-order valence-electron chi connectivity index (χ1n) is 7.83. The van der Waals surface area contributed by atoms with Crippen LogP contribution in [0.1, 0.15) is 33.6 Å². The van der Waals surface area contributed by atoms with Crippen LogP contribution in [0.2, 0.25) is 0 Å². The molecule has 0 saturated carbocycles. The minimum absolute atomic E-state index is 0.00848. The highest BCUT2D eigenvalue weighted by Gasteiger charge is 2.34. The van der Waals surface area contributed by atoms with Crippen molar-refractivity contribution in [3.05, 3.63) is 75.9 Å². The first-order valence-corrected chi connectivity index (χ1v) is 7.83. The number of hydrogen-bond donors (Lipinski definition) is 0. The Labute approximate surface area is 143 Å². The standard InChI is InChI=1S/C19H15NO5/c21-15-9-2-1-3-10-16(15)25-17(22)11-6-12-20-18(23)13-7-4-5-8-14(13)19(20)24/h1-5,7-10H,6,11-12H2. The van der Waals surface area contributed by atoms with Gasteiger partial charge in [-0.3, -0.25) is 24.1 Å². The van der Waals surface area contributed by atoms with Gasteiger partial charge in [0.15, 0.2) is 5.75 Å². The van der Waals surface area contributed by atoms with Gasteiger partial charge in [0, 0.05) is 13.0 Å². The molecule has 0 saturated heterocycles. The number of hydrogen-bond acceptors (Lipinski definition) is 5. The van der Waals surface area contributed by atoms with E-state index in [1.807, 2.05) is 0 Å². The normalized spacial score (nSPS) is 12.9. The molecule has 25 heavy (non-hydrogen) atoms. The Hall–Kier alpha value is -3.28. The molecule has 0 aliphatic carbocycles. The first-order chi connectivity index (χ1) is 12.1. The molecule has 1 aliphatic rings. The quantitative estimate of drug-likeness (QED) is 0.616. The summed E-state index contributed by atoms with van der Waals surface area (Å²) in [6.07, 6.45) is 0.253. The lowest BCUT2D eigenvalue weighted by Gasteiger charge is -2.13. The fraction of sp³-hybridized carbons (Fsp3) is 0.158. The van der Waals surface area contributed by atoms with E-state index in [4.69, 9.17) is 4.74 Å². The highest BCUT2D eigenvalue weighted by Crippen LogP contribution is 2.22. The third-order valence-corrected chi connectivity index (χ3v) is 3.82. The maximum absolute atomic E-state index is 12.2. The highest BCUT2D eigenvalue weighted by atomic mass is 16.5. The van der Waals surface area contributed by atoms with E-state index >= 15 is 0 Å². The number of amides is 2. The zero-order valence-electron chi connectivity index (χ0n) is 13.3. The summed E-state index contributed by atoms with van der Waals surface area (Å²) in [5, 5.41) is 0. The monoisotopic (exact) mass is 337 g/mol. The predicted molar refractivity (Wildman–Crippen MR) is 89.4 cm³/mol. The molecule has 6 heteroatoms. The van der Waals surface area contributed by atoms with Gasteiger partial charge in [0.25, 0.3) is 11.8 Å². The summed E-state index contributed by atoms with van der Waals surface area (Å²) in [6, 6.07) is 14.2. The van der Waals surface area contributed by atoms with Crippen LogP contribution in [0.4, 0.5) is 0 Å². The second kappa shape index (κ2) is 7.09. The zero-order valence-corrected chi connectivity index (χ0v) is 13.3. The second-order valence-corrected chi connectivity index (χ2v) is 5.52. The molecule has 2 amide bonds. The van der Waals surface area contributed by atoms with Crippen LogP contribution in [-0.2, 0) is 4.79 Å². The lowest BCUT2D eigenvalue weighted by atomic mass is 10.1. The molecule has 0 bridgehead atoms. The van der Waals surface area contributed by atoms with Crippen LogP contribution < -0.4 is 10.2 Å². The molecule has 126 valence electrons. The number of esters is 1. The Kier molecular flexibility index (Phi) is 4.70. The molecular formula is C19H15NO5. The van der Waals surface area contributed by atoms with Gasteiger partial charge in [-0.1, -0.05) is 30.3 Å². The Bertz CT molecular complexity index is 871. The SMILES string of the molecule is O=C(CCCN1C(=O)c2ccccc2C1=O)Oc1cccccc1=O. The van der Waals surface area contributed by atoms with E-state index in [2.05, 4.69) is 0 Å². The molecule has 0 aromatic heterocycles. The van der Waals surface area contributed by atoms with Gasteiger partial charge < -0.3 is 4.74 Å². The molecule has 2 aromatic rings. The molecule has 6 nitrogen and oxygen atoms in total. The van der Waals surface area contributed by atoms with Crippen molar-refractivity contribution in [3.8, 4) is 5.75 Å². The van der Waals surface area contributed by atoms with Crippen molar-refractivity contribution < 1.29 is 19.1 Å². The maximum Gasteiger partial charge on any atom is 0.311 e. The van der Waals surface area contributed by atoms with Crippen LogP contribution >= 0.6 is 0 Å². The second-order valence-electron chi connectivity index (χ2n) is 5.52. The Morgan fingerprint density at radius 1 is 0.840 bits per heavy atom. The van der Waals surface area contributed by atoms with Crippen molar-refractivity contribution in [1.29, 1.82) is 0 Å². The van der Waals surface area contributed by atoms with Crippen LogP contribution in [0, 0.1) is 0 Å². The summed E-state index contributed by atoms with van der Waals surface area (Å²) in [5.74, 6) is -1.34. The van der Waals surface area contributed by atoms with Gasteiger partial charge in [-0.2, -0.15) is 0 Å². The van der Waals surface area contributed by atoms with Gasteiger partial charge in [-0.25, -0.2) is 0 Å². The Morgan fingerprint density at radius 3 is 2.12 bits per heavy atom. The summed E-state index contributed by atoms with van der Waals surface area (Å²) >= 11 is 0. The molecular weight excluding hydrogens is 322 g/mol. The smallest absolute Gasteiger partial charge is 0.311 e. The van der Waals surface area contributed by atoms with Crippen LogP contribution in [-0.4, -0.2) is 29.2 Å². The zero-order chi connectivity index (χ0) is 17.8. The summed E-state index contributed by atoms with van der Waals surface area (Å²) in [4.78, 5) is 49.1. The van der Waals surface area contributed by atoms with E-state index < -0.39 is 11.4 Å². The fourth-order valence-electron chi connectivity index (χ4n) is 2.60. The molecule has 3 rings (SSSR count). The van der Waals surface area contributed by atoms with Gasteiger partial charge in [0.1, 0.15) is 0 Å². The Morgan fingerprint density at radius 2 is 1.44 bits per heavy atom. The van der Waals surface area contributed by atoms with Gasteiger partial charge in [0.2, 0.25) is 5.43 Å². The van der Waals surface area contributed by atoms with Crippen LogP contribution in [0.5, 0.6) is 5.75 Å². The number of carbonyl (C=O) groups is 3. The predicted octanol–water partition coefficient (Wildman–Crippen LogP) is 2.03. The van der Waals surface area contributed by atoms with Crippen LogP contribution in [0.15, 0.2) is 59.4 Å². The largest absolute Gasteiger partial charge is 0.422 e. The minimum atomic E-state index is -0.583. The summed E-state index contributed by atoms with van der Waals surface area (Å²) < 4.78 is 5.05. The molecule has 0 spiro atoms. The third-order valence-electron chi connectivity index (χ3n) is 3.82. The van der Waals surface area contributed by atoms with Gasteiger partial charge in [-0.15, -0.1) is 0 Å². The average Bonchev–Trinajstić information content (AvgIpc) is 2.74. The molecule has 1 aliphatic heterocycles. The number of imide groups is 1. The summed E-state index contributed by atoms with van der Waals surface area (Å²) in [5.41, 5.74) is 0.365. The number of benzene rings is 1. The number of nitrogens with zero attached hydrogens (tertiary/aromatic N) is 1. The maximum atomic E-state index is 12.2. The van der Waals surface area contributed by atoms with Crippen LogP contribution in [0.25, 0.3) is 0 Å². The van der Waals surface area contributed by atoms with E-state index in [9.17, 15) is 19.2 Å². The van der Waals surface area contributed by atoms with Gasteiger partial charge in [0.05, 0.1) is 11.1 Å². The summed E-state index contributed by atoms with van der Waals surface area (Å²) in [7, 11) is 0. The van der Waals surface area contributed by atoms with Crippen molar-refractivity contribution >= 4 is 17.8 Å². The number of ether oxygens (including phenoxy) is 1. The van der Waals surface area contributed by atoms with Crippen LogP contribution in [0.3, 0.4) is 0 Å². The van der Waals surface area contributed by atoms with Gasteiger partial charge >= 0.3 is 5.97 Å². The topological polar surface area (TPSA) is 80.8 Å². The van der Waals surface area contributed by atoms with Crippen molar-refractivity contribution in [2.45, 2.75) is 12.8 Å². The fourth-order valence-corrected chi connectivity index (χ4v) is 2.60. The lowest BCUT2D eigenvalue weighted by Crippen LogP contribution is -2.31. The highest BCUT2D eigenvalue weighted by molar-refractivity contribution is 6.21. The number of rotatable bonds is 5. The van der Waals surface area contributed by atoms with Crippen molar-refractivity contribution in [2.24, 2.45) is 0 Å². The summed E-state index contributed by atoms with van der Waals surface area (Å²) in [6.45, 7) is 0.119. The van der Waals surface area contributed by atoms with Crippen molar-refractivity contribution in [1.82, 2.24) is 4.90 Å². The minimum Gasteiger partial charge on any atom is -0.422 e. The molecule has 0 unspecified atom stereocenters. The van der Waals surface area contributed by atoms with E-state index in [0.29, 0.717) is 11.1 Å². The molecule has 0 fully saturated rings. The van der Waals surface area contributed by atoms with Crippen molar-refractivity contribution in [2.75, 3.05) is 6.54 Å². The molecule has 1 heterocycles. The molecule has 0 atom stereocenters. The lowest BCUT2D eigenvalue weighted by molar-refractivity contribution is -0.134. The average molecular weight is 337 g/mol. The Balaban J connectivity index is 1.56. The molecule has 2 aromatic carbocycles. The molecule has 0 N–H and O–H groups in total. The van der Waals surface area contributed by atoms with E-state index in [1.54, 1.807) is 42.5 Å².